The van der Waals surface area contributed by atoms with E-state index in [4.69, 9.17) is 0 Å². The lowest BCUT2D eigenvalue weighted by atomic mass is 10.1. The molecule has 1 N–H and O–H groups in total. The molecule has 1 saturated heterocycles. The van der Waals surface area contributed by atoms with E-state index in [1.54, 1.807) is 12.1 Å². The summed E-state index contributed by atoms with van der Waals surface area (Å²) in [6, 6.07) is 9.06. The third kappa shape index (κ3) is 2.83. The van der Waals surface area contributed by atoms with Crippen molar-refractivity contribution in [1.29, 1.82) is 0 Å². The molecule has 6 heteroatoms. The molecule has 0 aliphatic carbocycles. The van der Waals surface area contributed by atoms with Gasteiger partial charge in [-0.1, -0.05) is 29.8 Å². The molecule has 0 radical (unpaired) electrons. The number of aryl methyl sites for hydroxylation is 1. The number of amides is 3. The molecule has 0 saturated carbocycles. The van der Waals surface area contributed by atoms with Crippen LogP contribution in [-0.2, 0) is 4.79 Å². The van der Waals surface area contributed by atoms with E-state index in [-0.39, 0.29) is 5.70 Å². The number of carbonyl (C=O) groups is 2. The maximum atomic E-state index is 13.8. The zero-order valence-electron chi connectivity index (χ0n) is 12.1. The second-order valence-corrected chi connectivity index (χ2v) is 5.14. The number of benzene rings is 2. The van der Waals surface area contributed by atoms with Crippen molar-refractivity contribution in [3.05, 3.63) is 70.9 Å². The number of carbonyl (C=O) groups excluding carboxylic acids is 2. The first-order chi connectivity index (χ1) is 11.0. The maximum Gasteiger partial charge on any atom is 0.333 e. The summed E-state index contributed by atoms with van der Waals surface area (Å²) in [7, 11) is 0. The highest BCUT2D eigenvalue weighted by Gasteiger charge is 2.36. The van der Waals surface area contributed by atoms with Gasteiger partial charge in [0.05, 0.1) is 5.69 Å². The first kappa shape index (κ1) is 14.9. The lowest BCUT2D eigenvalue weighted by Crippen LogP contribution is -2.31. The van der Waals surface area contributed by atoms with Gasteiger partial charge in [0.15, 0.2) is 0 Å². The highest BCUT2D eigenvalue weighted by atomic mass is 19.1. The van der Waals surface area contributed by atoms with Gasteiger partial charge in [-0.15, -0.1) is 0 Å². The van der Waals surface area contributed by atoms with E-state index in [0.29, 0.717) is 10.5 Å². The van der Waals surface area contributed by atoms with E-state index in [1.807, 2.05) is 19.1 Å². The Bertz CT molecular complexity index is 829. The van der Waals surface area contributed by atoms with Crippen LogP contribution in [0.4, 0.5) is 19.3 Å². The number of nitrogens with zero attached hydrogens (tertiary/aromatic N) is 1. The standard InChI is InChI=1S/C17H12F2N2O2/c1-10-2-4-11(5-3-10)8-14-16(22)21(17(23)20-14)15-9-12(18)6-7-13(15)19/h2-9H,1H3,(H,20,23). The van der Waals surface area contributed by atoms with Crippen molar-refractivity contribution >= 4 is 23.7 Å². The minimum absolute atomic E-state index is 0.00233. The fourth-order valence-corrected chi connectivity index (χ4v) is 2.24. The molecule has 1 fully saturated rings. The molecular formula is C17H12F2N2O2. The summed E-state index contributed by atoms with van der Waals surface area (Å²) >= 11 is 0. The van der Waals surface area contributed by atoms with Crippen molar-refractivity contribution < 1.29 is 18.4 Å². The molecule has 1 aliphatic heterocycles. The molecule has 4 nitrogen and oxygen atoms in total. The molecule has 2 aromatic carbocycles. The number of nitrogens with one attached hydrogen (secondary N) is 1. The number of anilines is 1. The molecule has 0 unspecified atom stereocenters. The largest absolute Gasteiger partial charge is 0.333 e. The number of hydrogen-bond donors (Lipinski definition) is 1. The first-order valence-electron chi connectivity index (χ1n) is 6.84. The first-order valence-corrected chi connectivity index (χ1v) is 6.84. The van der Waals surface area contributed by atoms with Crippen molar-refractivity contribution in [2.24, 2.45) is 0 Å². The van der Waals surface area contributed by atoms with Crippen molar-refractivity contribution in [3.8, 4) is 0 Å². The van der Waals surface area contributed by atoms with Crippen LogP contribution in [0, 0.1) is 18.6 Å². The molecule has 3 rings (SSSR count). The molecule has 1 heterocycles. The molecule has 23 heavy (non-hydrogen) atoms. The molecule has 0 spiro atoms. The summed E-state index contributed by atoms with van der Waals surface area (Å²) in [5.41, 5.74) is 1.35. The van der Waals surface area contributed by atoms with E-state index >= 15 is 0 Å². The van der Waals surface area contributed by atoms with Crippen LogP contribution in [-0.4, -0.2) is 11.9 Å². The van der Waals surface area contributed by atoms with Gasteiger partial charge in [0.25, 0.3) is 5.91 Å². The molecular weight excluding hydrogens is 302 g/mol. The third-order valence-electron chi connectivity index (χ3n) is 3.42. The highest BCUT2D eigenvalue weighted by molar-refractivity contribution is 6.28. The topological polar surface area (TPSA) is 49.4 Å². The molecule has 3 amide bonds. The van der Waals surface area contributed by atoms with Crippen LogP contribution in [0.3, 0.4) is 0 Å². The molecule has 116 valence electrons. The average Bonchev–Trinajstić information content (AvgIpc) is 2.78. The Kier molecular flexibility index (Phi) is 3.65. The SMILES string of the molecule is Cc1ccc(C=C2NC(=O)N(c3cc(F)ccc3F)C2=O)cc1. The van der Waals surface area contributed by atoms with Crippen LogP contribution >= 0.6 is 0 Å². The van der Waals surface area contributed by atoms with Crippen molar-refractivity contribution in [2.75, 3.05) is 4.90 Å². The van der Waals surface area contributed by atoms with Gasteiger partial charge in [-0.25, -0.2) is 18.5 Å². The van der Waals surface area contributed by atoms with Gasteiger partial charge < -0.3 is 5.32 Å². The molecule has 0 aromatic heterocycles. The molecule has 1 aliphatic rings. The number of hydrogen-bond acceptors (Lipinski definition) is 2. The monoisotopic (exact) mass is 314 g/mol. The minimum Gasteiger partial charge on any atom is -0.302 e. The quantitative estimate of drug-likeness (QED) is 0.682. The van der Waals surface area contributed by atoms with Gasteiger partial charge >= 0.3 is 6.03 Å². The molecule has 2 aromatic rings. The van der Waals surface area contributed by atoms with Crippen molar-refractivity contribution in [1.82, 2.24) is 5.32 Å². The fourth-order valence-electron chi connectivity index (χ4n) is 2.24. The van der Waals surface area contributed by atoms with Gasteiger partial charge in [-0.3, -0.25) is 4.79 Å². The van der Waals surface area contributed by atoms with Crippen LogP contribution in [0.1, 0.15) is 11.1 Å². The molecule has 0 atom stereocenters. The number of urea groups is 1. The Hall–Kier alpha value is -3.02. The lowest BCUT2D eigenvalue weighted by Gasteiger charge is -2.12. The van der Waals surface area contributed by atoms with E-state index in [9.17, 15) is 18.4 Å². The summed E-state index contributed by atoms with van der Waals surface area (Å²) < 4.78 is 27.1. The van der Waals surface area contributed by atoms with Gasteiger partial charge in [-0.05, 0) is 30.7 Å². The van der Waals surface area contributed by atoms with Crippen molar-refractivity contribution in [2.45, 2.75) is 6.92 Å². The van der Waals surface area contributed by atoms with E-state index < -0.39 is 29.3 Å². The van der Waals surface area contributed by atoms with Crippen LogP contribution in [0.15, 0.2) is 48.2 Å². The highest BCUT2D eigenvalue weighted by Crippen LogP contribution is 2.26. The summed E-state index contributed by atoms with van der Waals surface area (Å²) in [5.74, 6) is -2.33. The van der Waals surface area contributed by atoms with Crippen LogP contribution in [0.25, 0.3) is 6.08 Å². The third-order valence-corrected chi connectivity index (χ3v) is 3.42. The second kappa shape index (κ2) is 5.64. The summed E-state index contributed by atoms with van der Waals surface area (Å²) in [4.78, 5) is 24.9. The Labute approximate surface area is 131 Å². The van der Waals surface area contributed by atoms with Crippen LogP contribution in [0.5, 0.6) is 0 Å². The summed E-state index contributed by atoms with van der Waals surface area (Å²) in [5, 5.41) is 2.37. The Morgan fingerprint density at radius 2 is 1.74 bits per heavy atom. The Balaban J connectivity index is 1.97. The smallest absolute Gasteiger partial charge is 0.302 e. The Morgan fingerprint density at radius 1 is 1.04 bits per heavy atom. The van der Waals surface area contributed by atoms with Gasteiger partial charge in [0.2, 0.25) is 0 Å². The second-order valence-electron chi connectivity index (χ2n) is 5.14. The minimum atomic E-state index is -0.855. The zero-order chi connectivity index (χ0) is 16.6. The van der Waals surface area contributed by atoms with Crippen LogP contribution in [0.2, 0.25) is 0 Å². The van der Waals surface area contributed by atoms with Crippen LogP contribution < -0.4 is 10.2 Å². The fraction of sp³-hybridized carbons (Fsp3) is 0.0588. The lowest BCUT2D eigenvalue weighted by molar-refractivity contribution is -0.113. The predicted molar refractivity (Wildman–Crippen MR) is 81.5 cm³/mol. The summed E-state index contributed by atoms with van der Waals surface area (Å²) in [6.07, 6.45) is 1.48. The molecule has 0 bridgehead atoms. The maximum absolute atomic E-state index is 13.8. The van der Waals surface area contributed by atoms with Gasteiger partial charge in [0.1, 0.15) is 17.3 Å². The average molecular weight is 314 g/mol. The van der Waals surface area contributed by atoms with E-state index in [0.717, 1.165) is 23.8 Å². The number of rotatable bonds is 2. The number of imide groups is 1. The van der Waals surface area contributed by atoms with Crippen molar-refractivity contribution in [3.63, 3.8) is 0 Å². The predicted octanol–water partition coefficient (Wildman–Crippen LogP) is 3.37. The normalized spacial score (nSPS) is 16.1. The summed E-state index contributed by atoms with van der Waals surface area (Å²) in [6.45, 7) is 1.92. The van der Waals surface area contributed by atoms with E-state index in [1.165, 1.54) is 6.08 Å². The number of halogens is 2. The van der Waals surface area contributed by atoms with E-state index in [2.05, 4.69) is 5.32 Å². The Morgan fingerprint density at radius 3 is 2.43 bits per heavy atom. The van der Waals surface area contributed by atoms with Gasteiger partial charge in [0, 0.05) is 6.07 Å². The zero-order valence-corrected chi connectivity index (χ0v) is 12.1. The van der Waals surface area contributed by atoms with Gasteiger partial charge in [-0.2, -0.15) is 0 Å².